The van der Waals surface area contributed by atoms with Gasteiger partial charge in [0.2, 0.25) is 0 Å². The van der Waals surface area contributed by atoms with Gasteiger partial charge in [-0.15, -0.1) is 0 Å². The summed E-state index contributed by atoms with van der Waals surface area (Å²) in [7, 11) is 0. The molecule has 0 bridgehead atoms. The lowest BCUT2D eigenvalue weighted by Gasteiger charge is -2.18. The van der Waals surface area contributed by atoms with E-state index in [1.807, 2.05) is 6.07 Å². The summed E-state index contributed by atoms with van der Waals surface area (Å²) in [5, 5.41) is 3.53. The molecule has 0 aliphatic carbocycles. The molecule has 2 heteroatoms. The maximum atomic E-state index is 13.0. The standard InChI is InChI=1S/C15H24FN/c1-4-13(5-2)11-17-12(3)9-14-7-6-8-15(16)10-14/h6-8,10,12-13,17H,4-5,9,11H2,1-3H3. The van der Waals surface area contributed by atoms with Gasteiger partial charge in [0.1, 0.15) is 5.82 Å². The van der Waals surface area contributed by atoms with E-state index in [9.17, 15) is 4.39 Å². The van der Waals surface area contributed by atoms with Gasteiger partial charge in [-0.25, -0.2) is 4.39 Å². The van der Waals surface area contributed by atoms with E-state index >= 15 is 0 Å². The van der Waals surface area contributed by atoms with Gasteiger partial charge in [0, 0.05) is 6.04 Å². The van der Waals surface area contributed by atoms with Gasteiger partial charge in [-0.1, -0.05) is 38.8 Å². The number of halogens is 1. The van der Waals surface area contributed by atoms with Gasteiger partial charge in [0.25, 0.3) is 0 Å². The number of nitrogens with one attached hydrogen (secondary N) is 1. The van der Waals surface area contributed by atoms with E-state index in [2.05, 4.69) is 26.1 Å². The Morgan fingerprint density at radius 2 is 1.94 bits per heavy atom. The zero-order valence-corrected chi connectivity index (χ0v) is 11.2. The quantitative estimate of drug-likeness (QED) is 0.761. The summed E-state index contributed by atoms with van der Waals surface area (Å²) < 4.78 is 13.0. The molecule has 96 valence electrons. The van der Waals surface area contributed by atoms with Crippen LogP contribution in [0, 0.1) is 11.7 Å². The molecule has 1 aromatic rings. The van der Waals surface area contributed by atoms with Crippen LogP contribution < -0.4 is 5.32 Å². The number of hydrogen-bond donors (Lipinski definition) is 1. The summed E-state index contributed by atoms with van der Waals surface area (Å²) in [5.74, 6) is 0.611. The second kappa shape index (κ2) is 7.44. The molecule has 0 amide bonds. The highest BCUT2D eigenvalue weighted by Gasteiger charge is 2.07. The molecule has 0 spiro atoms. The monoisotopic (exact) mass is 237 g/mol. The Balaban J connectivity index is 2.36. The second-order valence-electron chi connectivity index (χ2n) is 4.83. The lowest BCUT2D eigenvalue weighted by molar-refractivity contribution is 0.416. The maximum Gasteiger partial charge on any atom is 0.123 e. The molecule has 1 N–H and O–H groups in total. The van der Waals surface area contributed by atoms with Crippen molar-refractivity contribution in [1.29, 1.82) is 0 Å². The van der Waals surface area contributed by atoms with Gasteiger partial charge in [-0.05, 0) is 43.5 Å². The average Bonchev–Trinajstić information content (AvgIpc) is 2.30. The van der Waals surface area contributed by atoms with E-state index in [1.54, 1.807) is 12.1 Å². The Hall–Kier alpha value is -0.890. The smallest absolute Gasteiger partial charge is 0.123 e. The van der Waals surface area contributed by atoms with E-state index in [1.165, 1.54) is 18.9 Å². The van der Waals surface area contributed by atoms with Crippen molar-refractivity contribution in [3.8, 4) is 0 Å². The predicted molar refractivity (Wildman–Crippen MR) is 71.6 cm³/mol. The first-order chi connectivity index (χ1) is 8.15. The predicted octanol–water partition coefficient (Wildman–Crippen LogP) is 3.78. The number of rotatable bonds is 7. The van der Waals surface area contributed by atoms with Crippen molar-refractivity contribution in [3.63, 3.8) is 0 Å². The largest absolute Gasteiger partial charge is 0.314 e. The van der Waals surface area contributed by atoms with Crippen LogP contribution in [-0.4, -0.2) is 12.6 Å². The Kier molecular flexibility index (Phi) is 6.20. The van der Waals surface area contributed by atoms with Crippen molar-refractivity contribution in [3.05, 3.63) is 35.6 Å². The van der Waals surface area contributed by atoms with Crippen molar-refractivity contribution in [2.45, 2.75) is 46.1 Å². The summed E-state index contributed by atoms with van der Waals surface area (Å²) in [5.41, 5.74) is 1.06. The van der Waals surface area contributed by atoms with Crippen molar-refractivity contribution in [1.82, 2.24) is 5.32 Å². The number of hydrogen-bond acceptors (Lipinski definition) is 1. The molecule has 0 saturated heterocycles. The lowest BCUT2D eigenvalue weighted by Crippen LogP contribution is -2.32. The molecule has 1 nitrogen and oxygen atoms in total. The summed E-state index contributed by atoms with van der Waals surface area (Å²) in [6.07, 6.45) is 3.32. The fraction of sp³-hybridized carbons (Fsp3) is 0.600. The van der Waals surface area contributed by atoms with Crippen molar-refractivity contribution < 1.29 is 4.39 Å². The van der Waals surface area contributed by atoms with Gasteiger partial charge >= 0.3 is 0 Å². The van der Waals surface area contributed by atoms with E-state index < -0.39 is 0 Å². The first kappa shape index (κ1) is 14.2. The first-order valence-electron chi connectivity index (χ1n) is 6.63. The van der Waals surface area contributed by atoms with Crippen LogP contribution in [-0.2, 0) is 6.42 Å². The van der Waals surface area contributed by atoms with Gasteiger partial charge in [-0.2, -0.15) is 0 Å². The third kappa shape index (κ3) is 5.31. The molecule has 0 aliphatic rings. The van der Waals surface area contributed by atoms with Crippen LogP contribution >= 0.6 is 0 Å². The molecule has 17 heavy (non-hydrogen) atoms. The molecule has 0 fully saturated rings. The highest BCUT2D eigenvalue weighted by atomic mass is 19.1. The molecule has 1 aromatic carbocycles. The van der Waals surface area contributed by atoms with E-state index in [0.717, 1.165) is 24.4 Å². The third-order valence-corrected chi connectivity index (χ3v) is 3.34. The van der Waals surface area contributed by atoms with Crippen LogP contribution in [0.4, 0.5) is 4.39 Å². The Bertz CT molecular complexity index is 320. The molecule has 0 saturated carbocycles. The summed E-state index contributed by atoms with van der Waals surface area (Å²) in [6.45, 7) is 7.68. The summed E-state index contributed by atoms with van der Waals surface area (Å²) >= 11 is 0. The summed E-state index contributed by atoms with van der Waals surface area (Å²) in [6, 6.07) is 7.27. The van der Waals surface area contributed by atoms with Crippen LogP contribution in [0.1, 0.15) is 39.2 Å². The van der Waals surface area contributed by atoms with Crippen LogP contribution in [0.3, 0.4) is 0 Å². The Morgan fingerprint density at radius 1 is 1.24 bits per heavy atom. The molecule has 1 rings (SSSR count). The van der Waals surface area contributed by atoms with E-state index in [0.29, 0.717) is 6.04 Å². The van der Waals surface area contributed by atoms with Crippen molar-refractivity contribution >= 4 is 0 Å². The minimum Gasteiger partial charge on any atom is -0.314 e. The maximum absolute atomic E-state index is 13.0. The molecular weight excluding hydrogens is 213 g/mol. The van der Waals surface area contributed by atoms with E-state index in [-0.39, 0.29) is 5.82 Å². The normalized spacial score (nSPS) is 13.0. The zero-order valence-electron chi connectivity index (χ0n) is 11.2. The Morgan fingerprint density at radius 3 is 2.53 bits per heavy atom. The molecule has 0 aliphatic heterocycles. The molecular formula is C15H24FN. The fourth-order valence-corrected chi connectivity index (χ4v) is 2.03. The van der Waals surface area contributed by atoms with Crippen molar-refractivity contribution in [2.24, 2.45) is 5.92 Å². The number of benzene rings is 1. The van der Waals surface area contributed by atoms with Crippen LogP contribution in [0.5, 0.6) is 0 Å². The van der Waals surface area contributed by atoms with Crippen LogP contribution in [0.25, 0.3) is 0 Å². The SMILES string of the molecule is CCC(CC)CNC(C)Cc1cccc(F)c1. The van der Waals surface area contributed by atoms with Crippen LogP contribution in [0.15, 0.2) is 24.3 Å². The first-order valence-corrected chi connectivity index (χ1v) is 6.63. The van der Waals surface area contributed by atoms with Gasteiger partial charge < -0.3 is 5.32 Å². The average molecular weight is 237 g/mol. The third-order valence-electron chi connectivity index (χ3n) is 3.34. The van der Waals surface area contributed by atoms with Gasteiger partial charge in [-0.3, -0.25) is 0 Å². The highest BCUT2D eigenvalue weighted by Crippen LogP contribution is 2.08. The van der Waals surface area contributed by atoms with Gasteiger partial charge in [0.15, 0.2) is 0 Å². The van der Waals surface area contributed by atoms with E-state index in [4.69, 9.17) is 0 Å². The molecule has 0 aromatic heterocycles. The minimum atomic E-state index is -0.144. The van der Waals surface area contributed by atoms with Crippen molar-refractivity contribution in [2.75, 3.05) is 6.54 Å². The topological polar surface area (TPSA) is 12.0 Å². The lowest BCUT2D eigenvalue weighted by atomic mass is 10.0. The second-order valence-corrected chi connectivity index (χ2v) is 4.83. The molecule has 1 atom stereocenters. The van der Waals surface area contributed by atoms with Crippen LogP contribution in [0.2, 0.25) is 0 Å². The molecule has 1 unspecified atom stereocenters. The zero-order chi connectivity index (χ0) is 12.7. The molecule has 0 radical (unpaired) electrons. The van der Waals surface area contributed by atoms with Gasteiger partial charge in [0.05, 0.1) is 0 Å². The highest BCUT2D eigenvalue weighted by molar-refractivity contribution is 5.17. The molecule has 0 heterocycles. The Labute approximate surface area is 104 Å². The summed E-state index contributed by atoms with van der Waals surface area (Å²) in [4.78, 5) is 0. The fourth-order valence-electron chi connectivity index (χ4n) is 2.03. The minimum absolute atomic E-state index is 0.144.